The van der Waals surface area contributed by atoms with Gasteiger partial charge in [0.25, 0.3) is 5.91 Å². The minimum Gasteiger partial charge on any atom is -0.392 e. The summed E-state index contributed by atoms with van der Waals surface area (Å²) >= 11 is 0. The quantitative estimate of drug-likeness (QED) is 0.199. The molecule has 2 N–H and O–H groups in total. The Morgan fingerprint density at radius 2 is 1.74 bits per heavy atom. The van der Waals surface area contributed by atoms with Crippen molar-refractivity contribution in [2.75, 3.05) is 32.4 Å². The van der Waals surface area contributed by atoms with Crippen LogP contribution >= 0.6 is 0 Å². The van der Waals surface area contributed by atoms with Crippen LogP contribution in [0.25, 0.3) is 22.2 Å². The highest BCUT2D eigenvalue weighted by molar-refractivity contribution is 7.90. The fourth-order valence-electron chi connectivity index (χ4n) is 7.15. The monoisotopic (exact) mass is 712 g/mol. The Bertz CT molecular complexity index is 1950. The predicted molar refractivity (Wildman–Crippen MR) is 183 cm³/mol. The zero-order chi connectivity index (χ0) is 35.6. The van der Waals surface area contributed by atoms with Crippen LogP contribution in [0.4, 0.5) is 17.6 Å². The van der Waals surface area contributed by atoms with Crippen molar-refractivity contribution in [3.8, 4) is 11.3 Å². The number of alkyl halides is 4. The number of piperidine rings is 2. The van der Waals surface area contributed by atoms with E-state index < -0.39 is 34.6 Å². The van der Waals surface area contributed by atoms with Gasteiger partial charge in [-0.25, -0.2) is 17.8 Å². The molecule has 3 heterocycles. The lowest BCUT2D eigenvalue weighted by atomic mass is 9.93. The Morgan fingerprint density at radius 3 is 2.40 bits per heavy atom. The van der Waals surface area contributed by atoms with Crippen LogP contribution in [0.1, 0.15) is 58.8 Å². The summed E-state index contributed by atoms with van der Waals surface area (Å²) in [6.45, 7) is 2.10. The number of carbonyl (C=O) groups is 1. The molecule has 0 unspecified atom stereocenters. The number of likely N-dealkylation sites (tertiary alicyclic amines) is 2. The summed E-state index contributed by atoms with van der Waals surface area (Å²) in [5.74, 6) is -1.04. The van der Waals surface area contributed by atoms with Gasteiger partial charge in [-0.2, -0.15) is 13.2 Å². The highest BCUT2D eigenvalue weighted by Crippen LogP contribution is 2.37. The molecule has 2 fully saturated rings. The van der Waals surface area contributed by atoms with Crippen LogP contribution in [-0.2, 0) is 23.1 Å². The lowest BCUT2D eigenvalue weighted by molar-refractivity contribution is -0.155. The van der Waals surface area contributed by atoms with Crippen LogP contribution in [0.15, 0.2) is 77.7 Å². The van der Waals surface area contributed by atoms with E-state index in [4.69, 9.17) is 4.98 Å². The zero-order valence-corrected chi connectivity index (χ0v) is 28.5. The molecule has 8 nitrogen and oxygen atoms in total. The lowest BCUT2D eigenvalue weighted by Crippen LogP contribution is -2.49. The first-order valence-electron chi connectivity index (χ1n) is 16.7. The van der Waals surface area contributed by atoms with Gasteiger partial charge in [0.05, 0.1) is 27.8 Å². The van der Waals surface area contributed by atoms with Gasteiger partial charge >= 0.3 is 6.18 Å². The topological polar surface area (TPSA) is 103 Å². The van der Waals surface area contributed by atoms with E-state index in [-0.39, 0.29) is 45.6 Å². The van der Waals surface area contributed by atoms with Gasteiger partial charge in [0, 0.05) is 41.9 Å². The fourth-order valence-corrected chi connectivity index (χ4v) is 7.80. The Balaban J connectivity index is 1.48. The van der Waals surface area contributed by atoms with Crippen molar-refractivity contribution >= 4 is 26.6 Å². The van der Waals surface area contributed by atoms with Crippen molar-refractivity contribution in [2.45, 2.75) is 68.2 Å². The summed E-state index contributed by atoms with van der Waals surface area (Å²) < 4.78 is 82.9. The number of aromatic nitrogens is 1. The van der Waals surface area contributed by atoms with Gasteiger partial charge in [0.1, 0.15) is 6.67 Å². The van der Waals surface area contributed by atoms with Crippen LogP contribution in [0.5, 0.6) is 0 Å². The van der Waals surface area contributed by atoms with Crippen molar-refractivity contribution in [3.63, 3.8) is 0 Å². The zero-order valence-electron chi connectivity index (χ0n) is 27.7. The van der Waals surface area contributed by atoms with Gasteiger partial charge in [-0.05, 0) is 80.7 Å². The Hall–Kier alpha value is -3.91. The number of fused-ring (bicyclic) bond motifs is 1. The normalized spacial score (nSPS) is 19.0. The molecule has 1 amide bonds. The maximum atomic E-state index is 14.6. The number of sulfone groups is 1. The molecule has 4 aromatic rings. The number of hydrogen-bond donors (Lipinski definition) is 2. The first kappa shape index (κ1) is 35.9. The third kappa shape index (κ3) is 8.01. The number of nitrogens with one attached hydrogen (secondary N) is 1. The number of halogens is 4. The predicted octanol–water partition coefficient (Wildman–Crippen LogP) is 6.23. The van der Waals surface area contributed by atoms with E-state index >= 15 is 0 Å². The number of β-amino-alcohol motifs (C(OH)–C–C–N with tert-alkyl or cyclic N) is 1. The molecule has 0 bridgehead atoms. The van der Waals surface area contributed by atoms with E-state index in [1.54, 1.807) is 30.3 Å². The molecule has 0 saturated carbocycles. The van der Waals surface area contributed by atoms with Crippen molar-refractivity contribution in [1.29, 1.82) is 0 Å². The van der Waals surface area contributed by atoms with Gasteiger partial charge < -0.3 is 10.4 Å². The summed E-state index contributed by atoms with van der Waals surface area (Å²) in [7, 11) is -3.77. The molecule has 6 rings (SSSR count). The van der Waals surface area contributed by atoms with Crippen LogP contribution in [0.3, 0.4) is 0 Å². The van der Waals surface area contributed by atoms with Crippen LogP contribution in [0.2, 0.25) is 0 Å². The SMILES string of the molecule is CS(=O)(=O)c1ccc2nc(-c3cccc(CF)c3)c(CN3CCC(N4CCC[C@H](O)C4)CC3)c(C(=O)N[C@H](c3ccccc3)C(F)(F)F)c2c1. The van der Waals surface area contributed by atoms with E-state index in [1.807, 2.05) is 0 Å². The Kier molecular flexibility index (Phi) is 10.6. The summed E-state index contributed by atoms with van der Waals surface area (Å²) in [6.07, 6.45) is -0.931. The average molecular weight is 713 g/mol. The molecule has 3 aromatic carbocycles. The van der Waals surface area contributed by atoms with Crippen molar-refractivity contribution < 1.29 is 35.9 Å². The summed E-state index contributed by atoms with van der Waals surface area (Å²) in [4.78, 5) is 23.6. The molecule has 2 saturated heterocycles. The number of benzene rings is 3. The second-order valence-electron chi connectivity index (χ2n) is 13.3. The average Bonchev–Trinajstić information content (AvgIpc) is 3.09. The molecule has 266 valence electrons. The van der Waals surface area contributed by atoms with Gasteiger partial charge in [-0.1, -0.05) is 48.5 Å². The molecule has 0 spiro atoms. The van der Waals surface area contributed by atoms with Crippen LogP contribution < -0.4 is 5.32 Å². The number of nitrogens with zero attached hydrogens (tertiary/aromatic N) is 3. The van der Waals surface area contributed by atoms with E-state index in [2.05, 4.69) is 15.1 Å². The first-order valence-corrected chi connectivity index (χ1v) is 18.6. The number of amides is 1. The Labute approximate surface area is 289 Å². The minimum absolute atomic E-state index is 0.0944. The minimum atomic E-state index is -4.85. The van der Waals surface area contributed by atoms with Gasteiger partial charge in [-0.15, -0.1) is 0 Å². The fraction of sp³-hybridized carbons (Fsp3) is 0.405. The molecule has 0 aliphatic carbocycles. The smallest absolute Gasteiger partial charge is 0.392 e. The molecule has 13 heteroatoms. The van der Waals surface area contributed by atoms with E-state index in [1.165, 1.54) is 42.5 Å². The molecule has 0 radical (unpaired) electrons. The highest BCUT2D eigenvalue weighted by Gasteiger charge is 2.42. The number of hydrogen-bond acceptors (Lipinski definition) is 7. The molecule has 1 aromatic heterocycles. The first-order chi connectivity index (χ1) is 23.8. The second-order valence-corrected chi connectivity index (χ2v) is 15.3. The van der Waals surface area contributed by atoms with Gasteiger partial charge in [0.2, 0.25) is 0 Å². The molecule has 2 aliphatic heterocycles. The Morgan fingerprint density at radius 1 is 1.00 bits per heavy atom. The third-order valence-corrected chi connectivity index (χ3v) is 10.8. The van der Waals surface area contributed by atoms with Crippen molar-refractivity contribution in [2.24, 2.45) is 0 Å². The largest absolute Gasteiger partial charge is 0.412 e. The maximum Gasteiger partial charge on any atom is 0.412 e. The molecular formula is C37H40F4N4O4S. The van der Waals surface area contributed by atoms with E-state index in [0.717, 1.165) is 38.5 Å². The molecule has 2 atom stereocenters. The number of rotatable bonds is 9. The third-order valence-electron chi connectivity index (χ3n) is 9.69. The second kappa shape index (κ2) is 14.7. The molecular weight excluding hydrogens is 672 g/mol. The number of aliphatic hydroxyl groups excluding tert-OH is 1. The summed E-state index contributed by atoms with van der Waals surface area (Å²) in [6, 6.07) is 15.6. The highest BCUT2D eigenvalue weighted by atomic mass is 32.2. The lowest BCUT2D eigenvalue weighted by Gasteiger charge is -2.41. The van der Waals surface area contributed by atoms with Crippen molar-refractivity contribution in [3.05, 3.63) is 95.1 Å². The van der Waals surface area contributed by atoms with Crippen LogP contribution in [0, 0.1) is 0 Å². The number of aliphatic hydroxyl groups is 1. The summed E-state index contributed by atoms with van der Waals surface area (Å²) in [5.41, 5.74) is 1.38. The standard InChI is InChI=1S/C37H40F4N4O4S/c1-50(48,49)29-12-13-32-30(20-29)33(36(47)43-35(37(39,40)41)25-8-3-2-4-9-25)31(34(42-32)26-10-5-7-24(19-26)21-38)23-44-17-14-27(15-18-44)45-16-6-11-28(46)22-45/h2-5,7-10,12-13,19-20,27-28,35,46H,6,11,14-18,21-23H2,1H3,(H,43,47)/t28-,35+/m0/s1. The maximum absolute atomic E-state index is 14.6. The van der Waals surface area contributed by atoms with E-state index in [9.17, 15) is 35.9 Å². The number of carbonyl (C=O) groups excluding carboxylic acids is 1. The number of pyridine rings is 1. The van der Waals surface area contributed by atoms with Gasteiger partial charge in [-0.3, -0.25) is 14.6 Å². The van der Waals surface area contributed by atoms with E-state index in [0.29, 0.717) is 42.0 Å². The molecule has 50 heavy (non-hydrogen) atoms. The summed E-state index contributed by atoms with van der Waals surface area (Å²) in [5, 5.41) is 12.5. The van der Waals surface area contributed by atoms with Crippen LogP contribution in [-0.4, -0.2) is 85.0 Å². The van der Waals surface area contributed by atoms with Gasteiger partial charge in [0.15, 0.2) is 15.9 Å². The molecule has 2 aliphatic rings. The van der Waals surface area contributed by atoms with Crippen molar-refractivity contribution in [1.82, 2.24) is 20.1 Å².